The highest BCUT2D eigenvalue weighted by molar-refractivity contribution is 7.12. The molecule has 1 saturated heterocycles. The van der Waals surface area contributed by atoms with Crippen molar-refractivity contribution in [3.63, 3.8) is 0 Å². The number of carbonyl (C=O) groups excluding carboxylic acids is 2. The summed E-state index contributed by atoms with van der Waals surface area (Å²) in [5.41, 5.74) is 1.40. The molecule has 2 aliphatic heterocycles. The third kappa shape index (κ3) is 5.56. The smallest absolute Gasteiger partial charge is 0.264 e. The summed E-state index contributed by atoms with van der Waals surface area (Å²) >= 11 is 1.35. The quantitative estimate of drug-likeness (QED) is 0.463. The molecular formula is C26H27FN4O4S. The molecule has 1 fully saturated rings. The van der Waals surface area contributed by atoms with Crippen LogP contribution in [0.4, 0.5) is 4.39 Å². The van der Waals surface area contributed by atoms with Crippen LogP contribution in [-0.2, 0) is 9.53 Å². The second-order valence-corrected chi connectivity index (χ2v) is 9.63. The van der Waals surface area contributed by atoms with Crippen molar-refractivity contribution in [2.24, 2.45) is 5.10 Å². The lowest BCUT2D eigenvalue weighted by molar-refractivity contribution is -0.134. The van der Waals surface area contributed by atoms with E-state index in [1.54, 1.807) is 41.5 Å². The van der Waals surface area contributed by atoms with Gasteiger partial charge < -0.3 is 14.1 Å². The lowest BCUT2D eigenvalue weighted by Gasteiger charge is -2.30. The fourth-order valence-corrected chi connectivity index (χ4v) is 5.08. The molecular weight excluding hydrogens is 483 g/mol. The number of halogens is 1. The van der Waals surface area contributed by atoms with Crippen LogP contribution in [0.5, 0.6) is 0 Å². The Morgan fingerprint density at radius 2 is 1.92 bits per heavy atom. The molecule has 5 rings (SSSR count). The summed E-state index contributed by atoms with van der Waals surface area (Å²) in [4.78, 5) is 31.3. The Balaban J connectivity index is 1.36. The molecule has 188 valence electrons. The monoisotopic (exact) mass is 510 g/mol. The Labute approximate surface area is 212 Å². The predicted molar refractivity (Wildman–Crippen MR) is 133 cm³/mol. The lowest BCUT2D eigenvalue weighted by atomic mass is 10.0. The largest absolute Gasteiger partial charge is 0.467 e. The first-order chi connectivity index (χ1) is 17.6. The molecule has 1 aromatic carbocycles. The number of hydrogen-bond donors (Lipinski definition) is 0. The van der Waals surface area contributed by atoms with Crippen molar-refractivity contribution in [2.45, 2.75) is 12.5 Å². The summed E-state index contributed by atoms with van der Waals surface area (Å²) in [5.74, 6) is -0.215. The van der Waals surface area contributed by atoms with Gasteiger partial charge in [-0.05, 0) is 41.3 Å². The normalized spacial score (nSPS) is 18.3. The molecule has 2 aliphatic rings. The number of hydrazone groups is 1. The Morgan fingerprint density at radius 3 is 2.61 bits per heavy atom. The van der Waals surface area contributed by atoms with E-state index in [0.717, 1.165) is 18.7 Å². The summed E-state index contributed by atoms with van der Waals surface area (Å²) in [6.45, 7) is 3.88. The molecule has 2 aromatic heterocycles. The van der Waals surface area contributed by atoms with Gasteiger partial charge in [-0.2, -0.15) is 5.10 Å². The molecule has 3 aromatic rings. The second kappa shape index (κ2) is 11.2. The standard InChI is InChI=1S/C26H27FN4O4S/c27-20-7-5-19(6-8-20)21-17-22(23-3-1-13-35-23)31(28-21)25(32)18-30(26(33)24-4-2-16-36-24)10-9-29-11-14-34-15-12-29/h1-8,13,16,22H,9-12,14-15,17-18H2/t22-/m1/s1. The minimum absolute atomic E-state index is 0.113. The van der Waals surface area contributed by atoms with E-state index in [-0.39, 0.29) is 24.2 Å². The van der Waals surface area contributed by atoms with Gasteiger partial charge in [0, 0.05) is 32.6 Å². The number of rotatable bonds is 8. The molecule has 0 radical (unpaired) electrons. The van der Waals surface area contributed by atoms with Crippen molar-refractivity contribution >= 4 is 28.9 Å². The average molecular weight is 511 g/mol. The Morgan fingerprint density at radius 1 is 1.11 bits per heavy atom. The van der Waals surface area contributed by atoms with Crippen LogP contribution < -0.4 is 0 Å². The maximum Gasteiger partial charge on any atom is 0.264 e. The number of furan rings is 1. The Kier molecular flexibility index (Phi) is 7.55. The van der Waals surface area contributed by atoms with Crippen molar-refractivity contribution in [1.82, 2.24) is 14.8 Å². The Hall–Kier alpha value is -3.34. The van der Waals surface area contributed by atoms with E-state index in [4.69, 9.17) is 9.15 Å². The van der Waals surface area contributed by atoms with E-state index in [1.165, 1.54) is 28.5 Å². The first-order valence-electron chi connectivity index (χ1n) is 11.9. The number of carbonyl (C=O) groups is 2. The summed E-state index contributed by atoms with van der Waals surface area (Å²) in [6, 6.07) is 12.8. The van der Waals surface area contributed by atoms with Crippen LogP contribution >= 0.6 is 11.3 Å². The van der Waals surface area contributed by atoms with Crippen molar-refractivity contribution in [1.29, 1.82) is 0 Å². The van der Waals surface area contributed by atoms with E-state index < -0.39 is 6.04 Å². The van der Waals surface area contributed by atoms with Gasteiger partial charge >= 0.3 is 0 Å². The third-order valence-corrected chi connectivity index (χ3v) is 7.21. The van der Waals surface area contributed by atoms with E-state index in [2.05, 4.69) is 10.0 Å². The third-order valence-electron chi connectivity index (χ3n) is 6.35. The van der Waals surface area contributed by atoms with Gasteiger partial charge in [0.15, 0.2) is 0 Å². The van der Waals surface area contributed by atoms with Crippen LogP contribution in [0, 0.1) is 5.82 Å². The number of benzene rings is 1. The number of morpholine rings is 1. The van der Waals surface area contributed by atoms with Crippen molar-refractivity contribution in [2.75, 3.05) is 45.9 Å². The van der Waals surface area contributed by atoms with Gasteiger partial charge in [-0.15, -0.1) is 11.3 Å². The van der Waals surface area contributed by atoms with Crippen molar-refractivity contribution in [3.8, 4) is 0 Å². The first kappa shape index (κ1) is 24.4. The average Bonchev–Trinajstić information content (AvgIpc) is 3.68. The first-order valence-corrected chi connectivity index (χ1v) is 12.8. The summed E-state index contributed by atoms with van der Waals surface area (Å²) in [5, 5.41) is 7.86. The van der Waals surface area contributed by atoms with E-state index in [0.29, 0.717) is 49.1 Å². The highest BCUT2D eigenvalue weighted by Crippen LogP contribution is 2.33. The Bertz CT molecular complexity index is 1190. The number of hydrogen-bond acceptors (Lipinski definition) is 7. The van der Waals surface area contributed by atoms with Gasteiger partial charge in [0.25, 0.3) is 11.8 Å². The van der Waals surface area contributed by atoms with Crippen LogP contribution in [-0.4, -0.2) is 78.3 Å². The van der Waals surface area contributed by atoms with Crippen LogP contribution in [0.3, 0.4) is 0 Å². The minimum atomic E-state index is -0.439. The van der Waals surface area contributed by atoms with Gasteiger partial charge in [0.05, 0.1) is 30.1 Å². The van der Waals surface area contributed by atoms with Gasteiger partial charge in [-0.25, -0.2) is 9.40 Å². The topological polar surface area (TPSA) is 78.6 Å². The minimum Gasteiger partial charge on any atom is -0.467 e. The zero-order chi connectivity index (χ0) is 24.9. The lowest BCUT2D eigenvalue weighted by Crippen LogP contribution is -2.46. The second-order valence-electron chi connectivity index (χ2n) is 8.69. The highest BCUT2D eigenvalue weighted by atomic mass is 32.1. The molecule has 2 amide bonds. The number of nitrogens with zero attached hydrogens (tertiary/aromatic N) is 4. The van der Waals surface area contributed by atoms with Crippen molar-refractivity contribution in [3.05, 3.63) is 82.2 Å². The van der Waals surface area contributed by atoms with Crippen molar-refractivity contribution < 1.29 is 23.1 Å². The summed E-state index contributed by atoms with van der Waals surface area (Å²) < 4.78 is 24.5. The molecule has 10 heteroatoms. The van der Waals surface area contributed by atoms with Gasteiger partial charge in [0.2, 0.25) is 0 Å². The van der Waals surface area contributed by atoms with Crippen LogP contribution in [0.25, 0.3) is 0 Å². The number of amides is 2. The van der Waals surface area contributed by atoms with E-state index >= 15 is 0 Å². The molecule has 0 saturated carbocycles. The molecule has 0 aliphatic carbocycles. The maximum absolute atomic E-state index is 13.6. The van der Waals surface area contributed by atoms with Gasteiger partial charge in [0.1, 0.15) is 24.2 Å². The molecule has 0 N–H and O–H groups in total. The predicted octanol–water partition coefficient (Wildman–Crippen LogP) is 3.63. The fourth-order valence-electron chi connectivity index (χ4n) is 4.39. The molecule has 8 nitrogen and oxygen atoms in total. The number of ether oxygens (including phenoxy) is 1. The number of thiophene rings is 1. The summed E-state index contributed by atoms with van der Waals surface area (Å²) in [7, 11) is 0. The maximum atomic E-state index is 13.6. The fraction of sp³-hybridized carbons (Fsp3) is 0.346. The SMILES string of the molecule is O=C(c1cccs1)N(CCN1CCOCC1)CC(=O)N1N=C(c2ccc(F)cc2)C[C@@H]1c1ccco1. The van der Waals surface area contributed by atoms with E-state index in [1.807, 2.05) is 11.4 Å². The van der Waals surface area contributed by atoms with Crippen LogP contribution in [0.15, 0.2) is 69.7 Å². The zero-order valence-corrected chi connectivity index (χ0v) is 20.5. The van der Waals surface area contributed by atoms with Gasteiger partial charge in [-0.3, -0.25) is 14.5 Å². The van der Waals surface area contributed by atoms with Crippen LogP contribution in [0.1, 0.15) is 33.5 Å². The van der Waals surface area contributed by atoms with Crippen LogP contribution in [0.2, 0.25) is 0 Å². The molecule has 0 bridgehead atoms. The van der Waals surface area contributed by atoms with E-state index in [9.17, 15) is 14.0 Å². The highest BCUT2D eigenvalue weighted by Gasteiger charge is 2.36. The molecule has 4 heterocycles. The summed E-state index contributed by atoms with van der Waals surface area (Å²) in [6.07, 6.45) is 1.99. The molecule has 0 unspecified atom stereocenters. The zero-order valence-electron chi connectivity index (χ0n) is 19.7. The molecule has 0 spiro atoms. The molecule has 36 heavy (non-hydrogen) atoms. The van der Waals surface area contributed by atoms with Gasteiger partial charge in [-0.1, -0.05) is 18.2 Å². The molecule has 1 atom stereocenters.